The van der Waals surface area contributed by atoms with Gasteiger partial charge in [-0.3, -0.25) is 4.57 Å². The van der Waals surface area contributed by atoms with Gasteiger partial charge in [-0.15, -0.1) is 0 Å². The second-order valence-corrected chi connectivity index (χ2v) is 7.19. The van der Waals surface area contributed by atoms with E-state index < -0.39 is 5.97 Å². The van der Waals surface area contributed by atoms with Gasteiger partial charge in [-0.25, -0.2) is 19.2 Å². The van der Waals surface area contributed by atoms with Crippen LogP contribution in [0.4, 0.5) is 4.39 Å². The Labute approximate surface area is 164 Å². The molecule has 140 valence electrons. The van der Waals surface area contributed by atoms with Crippen LogP contribution in [0.3, 0.4) is 0 Å². The van der Waals surface area contributed by atoms with E-state index in [2.05, 4.69) is 9.97 Å². The SMILES string of the molecule is O=C(O)c1ccc(Cn2c(SCc3ccc(F)cc3)nc3cccnc32)cc1. The summed E-state index contributed by atoms with van der Waals surface area (Å²) in [6.07, 6.45) is 1.72. The topological polar surface area (TPSA) is 68.0 Å². The van der Waals surface area contributed by atoms with E-state index >= 15 is 0 Å². The molecule has 4 aromatic rings. The lowest BCUT2D eigenvalue weighted by Crippen LogP contribution is -2.03. The van der Waals surface area contributed by atoms with Crippen molar-refractivity contribution in [3.05, 3.63) is 89.4 Å². The maximum absolute atomic E-state index is 13.1. The van der Waals surface area contributed by atoms with Crippen molar-refractivity contribution >= 4 is 28.9 Å². The molecule has 0 saturated heterocycles. The van der Waals surface area contributed by atoms with E-state index in [0.717, 1.165) is 27.4 Å². The lowest BCUT2D eigenvalue weighted by molar-refractivity contribution is 0.0697. The fourth-order valence-corrected chi connectivity index (χ4v) is 3.81. The Balaban J connectivity index is 1.62. The maximum atomic E-state index is 13.1. The number of carbonyl (C=O) groups is 1. The summed E-state index contributed by atoms with van der Waals surface area (Å²) < 4.78 is 15.1. The zero-order valence-corrected chi connectivity index (χ0v) is 15.6. The fourth-order valence-electron chi connectivity index (χ4n) is 2.85. The van der Waals surface area contributed by atoms with Crippen molar-refractivity contribution < 1.29 is 14.3 Å². The number of hydrogen-bond acceptors (Lipinski definition) is 4. The summed E-state index contributed by atoms with van der Waals surface area (Å²) in [6, 6.07) is 17.0. The van der Waals surface area contributed by atoms with Gasteiger partial charge < -0.3 is 5.11 Å². The molecular weight excluding hydrogens is 377 g/mol. The molecule has 5 nitrogen and oxygen atoms in total. The molecule has 0 aliphatic carbocycles. The maximum Gasteiger partial charge on any atom is 0.335 e. The van der Waals surface area contributed by atoms with Crippen LogP contribution in [-0.2, 0) is 12.3 Å². The summed E-state index contributed by atoms with van der Waals surface area (Å²) in [7, 11) is 0. The first-order valence-corrected chi connectivity index (χ1v) is 9.59. The third-order valence-electron chi connectivity index (χ3n) is 4.29. The van der Waals surface area contributed by atoms with Crippen LogP contribution in [0.15, 0.2) is 72.0 Å². The van der Waals surface area contributed by atoms with Crippen LogP contribution >= 0.6 is 11.8 Å². The van der Waals surface area contributed by atoms with Gasteiger partial charge >= 0.3 is 5.97 Å². The molecule has 1 N–H and O–H groups in total. The first-order valence-electron chi connectivity index (χ1n) is 8.61. The highest BCUT2D eigenvalue weighted by Gasteiger charge is 2.13. The van der Waals surface area contributed by atoms with Crippen LogP contribution in [0.5, 0.6) is 0 Å². The minimum Gasteiger partial charge on any atom is -0.478 e. The minimum atomic E-state index is -0.947. The summed E-state index contributed by atoms with van der Waals surface area (Å²) in [5.74, 6) is -0.548. The number of benzene rings is 2. The number of carboxylic acids is 1. The van der Waals surface area contributed by atoms with Gasteiger partial charge in [0.25, 0.3) is 0 Å². The monoisotopic (exact) mass is 393 g/mol. The van der Waals surface area contributed by atoms with Gasteiger partial charge in [0.1, 0.15) is 11.3 Å². The van der Waals surface area contributed by atoms with Gasteiger partial charge in [-0.1, -0.05) is 36.0 Å². The number of aromatic carboxylic acids is 1. The molecule has 2 heterocycles. The van der Waals surface area contributed by atoms with Crippen molar-refractivity contribution in [3.63, 3.8) is 0 Å². The van der Waals surface area contributed by atoms with Gasteiger partial charge in [0.2, 0.25) is 0 Å². The molecule has 4 rings (SSSR count). The van der Waals surface area contributed by atoms with E-state index in [-0.39, 0.29) is 11.4 Å². The Kier molecular flexibility index (Phi) is 5.08. The predicted molar refractivity (Wildman–Crippen MR) is 106 cm³/mol. The molecule has 7 heteroatoms. The minimum absolute atomic E-state index is 0.253. The average molecular weight is 393 g/mol. The van der Waals surface area contributed by atoms with Gasteiger partial charge in [0.15, 0.2) is 10.8 Å². The second-order valence-electron chi connectivity index (χ2n) is 6.24. The number of hydrogen-bond donors (Lipinski definition) is 1. The molecule has 0 spiro atoms. The summed E-state index contributed by atoms with van der Waals surface area (Å²) in [6.45, 7) is 0.527. The van der Waals surface area contributed by atoms with Gasteiger partial charge in [0.05, 0.1) is 12.1 Å². The average Bonchev–Trinajstić information content (AvgIpc) is 3.05. The summed E-state index contributed by atoms with van der Waals surface area (Å²) in [5, 5.41) is 9.87. The highest BCUT2D eigenvalue weighted by Crippen LogP contribution is 2.27. The lowest BCUT2D eigenvalue weighted by Gasteiger charge is -2.09. The molecule has 0 unspecified atom stereocenters. The second kappa shape index (κ2) is 7.82. The quantitative estimate of drug-likeness (QED) is 0.485. The molecular formula is C21H16FN3O2S. The Bertz CT molecular complexity index is 1120. The highest BCUT2D eigenvalue weighted by atomic mass is 32.2. The van der Waals surface area contributed by atoms with Crippen molar-refractivity contribution in [2.75, 3.05) is 0 Å². The molecule has 28 heavy (non-hydrogen) atoms. The van der Waals surface area contributed by atoms with E-state index in [9.17, 15) is 9.18 Å². The molecule has 2 aromatic carbocycles. The number of halogens is 1. The third kappa shape index (κ3) is 3.89. The van der Waals surface area contributed by atoms with Crippen molar-refractivity contribution in [1.29, 1.82) is 0 Å². The molecule has 0 radical (unpaired) electrons. The lowest BCUT2D eigenvalue weighted by atomic mass is 10.1. The number of carboxylic acid groups (broad SMARTS) is 1. The molecule has 0 saturated carbocycles. The molecule has 2 aromatic heterocycles. The number of rotatable bonds is 6. The normalized spacial score (nSPS) is 11.0. The molecule has 0 amide bonds. The Morgan fingerprint density at radius 3 is 2.46 bits per heavy atom. The van der Waals surface area contributed by atoms with Crippen molar-refractivity contribution in [3.8, 4) is 0 Å². The van der Waals surface area contributed by atoms with Crippen LogP contribution < -0.4 is 0 Å². The Morgan fingerprint density at radius 2 is 1.75 bits per heavy atom. The predicted octanol–water partition coefficient (Wildman–Crippen LogP) is 4.61. The largest absolute Gasteiger partial charge is 0.478 e. The van der Waals surface area contributed by atoms with Crippen molar-refractivity contribution in [1.82, 2.24) is 14.5 Å². The molecule has 0 atom stereocenters. The molecule has 0 fully saturated rings. The van der Waals surface area contributed by atoms with Crippen LogP contribution in [0.2, 0.25) is 0 Å². The van der Waals surface area contributed by atoms with Crippen LogP contribution in [0, 0.1) is 5.82 Å². The highest BCUT2D eigenvalue weighted by molar-refractivity contribution is 7.98. The zero-order chi connectivity index (χ0) is 19.5. The number of thioether (sulfide) groups is 1. The zero-order valence-electron chi connectivity index (χ0n) is 14.7. The van der Waals surface area contributed by atoms with Crippen molar-refractivity contribution in [2.24, 2.45) is 0 Å². The summed E-state index contributed by atoms with van der Waals surface area (Å²) >= 11 is 1.55. The third-order valence-corrected chi connectivity index (χ3v) is 5.34. The van der Waals surface area contributed by atoms with Crippen LogP contribution in [0.1, 0.15) is 21.5 Å². The summed E-state index contributed by atoms with van der Waals surface area (Å²) in [5.41, 5.74) is 3.78. The first-order chi connectivity index (χ1) is 13.6. The molecule has 0 aliphatic rings. The van der Waals surface area contributed by atoms with Gasteiger partial charge in [0, 0.05) is 11.9 Å². The number of fused-ring (bicyclic) bond motifs is 1. The van der Waals surface area contributed by atoms with E-state index in [1.165, 1.54) is 12.1 Å². The van der Waals surface area contributed by atoms with Crippen LogP contribution in [-0.4, -0.2) is 25.6 Å². The molecule has 0 bridgehead atoms. The number of pyridine rings is 1. The van der Waals surface area contributed by atoms with Gasteiger partial charge in [-0.05, 0) is 47.5 Å². The Hall–Kier alpha value is -3.19. The van der Waals surface area contributed by atoms with E-state index in [0.29, 0.717) is 12.3 Å². The summed E-state index contributed by atoms with van der Waals surface area (Å²) in [4.78, 5) is 20.2. The number of imidazole rings is 1. The van der Waals surface area contributed by atoms with Gasteiger partial charge in [-0.2, -0.15) is 0 Å². The fraction of sp³-hybridized carbons (Fsp3) is 0.0952. The standard InChI is InChI=1S/C21H16FN3O2S/c22-17-9-5-15(6-10-17)13-28-21-24-18-2-1-11-23-19(18)25(21)12-14-3-7-16(8-4-14)20(26)27/h1-11H,12-13H2,(H,26,27). The van der Waals surface area contributed by atoms with E-state index in [1.54, 1.807) is 54.4 Å². The van der Waals surface area contributed by atoms with E-state index in [4.69, 9.17) is 5.11 Å². The number of aromatic nitrogens is 3. The van der Waals surface area contributed by atoms with Crippen molar-refractivity contribution in [2.45, 2.75) is 17.5 Å². The molecule has 0 aliphatic heterocycles. The Morgan fingerprint density at radius 1 is 1.04 bits per heavy atom. The number of nitrogens with zero attached hydrogens (tertiary/aromatic N) is 3. The van der Waals surface area contributed by atoms with E-state index in [1.807, 2.05) is 16.7 Å². The van der Waals surface area contributed by atoms with Crippen LogP contribution in [0.25, 0.3) is 11.2 Å². The first kappa shape index (κ1) is 18.2. The smallest absolute Gasteiger partial charge is 0.335 e.